The van der Waals surface area contributed by atoms with Gasteiger partial charge in [-0.2, -0.15) is 0 Å². The van der Waals surface area contributed by atoms with Crippen LogP contribution >= 0.6 is 15.9 Å². The summed E-state index contributed by atoms with van der Waals surface area (Å²) in [5.41, 5.74) is 0.840. The zero-order chi connectivity index (χ0) is 18.0. The lowest BCUT2D eigenvalue weighted by molar-refractivity contribution is -0.137. The predicted octanol–water partition coefficient (Wildman–Crippen LogP) is 5.53. The van der Waals surface area contributed by atoms with Gasteiger partial charge in [0.15, 0.2) is 5.78 Å². The summed E-state index contributed by atoms with van der Waals surface area (Å²) >= 11 is 3.29. The lowest BCUT2D eigenvalue weighted by atomic mass is 9.86. The zero-order valence-corrected chi connectivity index (χ0v) is 15.9. The third-order valence-electron chi connectivity index (χ3n) is 2.89. The van der Waals surface area contributed by atoms with Crippen molar-refractivity contribution in [2.24, 2.45) is 0 Å². The highest BCUT2D eigenvalue weighted by atomic mass is 79.9. The van der Waals surface area contributed by atoms with Crippen molar-refractivity contribution in [1.82, 2.24) is 0 Å². The van der Waals surface area contributed by atoms with Gasteiger partial charge in [0.05, 0.1) is 0 Å². The molecular formula is C18H24BrFO3. The van der Waals surface area contributed by atoms with Crippen molar-refractivity contribution < 1.29 is 18.7 Å². The molecule has 0 radical (unpaired) electrons. The summed E-state index contributed by atoms with van der Waals surface area (Å²) in [6.45, 7) is 9.29. The van der Waals surface area contributed by atoms with Gasteiger partial charge in [0.1, 0.15) is 11.6 Å². The number of rotatable bonds is 2. The summed E-state index contributed by atoms with van der Waals surface area (Å²) in [4.78, 5) is 22.6. The summed E-state index contributed by atoms with van der Waals surface area (Å²) in [5, 5.41) is 0. The van der Waals surface area contributed by atoms with Crippen LogP contribution in [0.1, 0.15) is 58.9 Å². The van der Waals surface area contributed by atoms with E-state index in [-0.39, 0.29) is 17.5 Å². The largest absolute Gasteiger partial charge is 0.431 e. The van der Waals surface area contributed by atoms with Crippen LogP contribution in [-0.2, 0) is 14.3 Å². The van der Waals surface area contributed by atoms with Crippen LogP contribution in [0.15, 0.2) is 34.5 Å². The molecule has 0 heterocycles. The number of halogens is 2. The third-order valence-corrected chi connectivity index (χ3v) is 3.58. The Kier molecular flexibility index (Phi) is 10.4. The van der Waals surface area contributed by atoms with Crippen LogP contribution in [0.2, 0.25) is 0 Å². The first-order chi connectivity index (χ1) is 11.0. The molecule has 1 aromatic carbocycles. The highest BCUT2D eigenvalue weighted by molar-refractivity contribution is 9.10. The maximum atomic E-state index is 13.1. The lowest BCUT2D eigenvalue weighted by Gasteiger charge is -2.22. The molecule has 0 amide bonds. The lowest BCUT2D eigenvalue weighted by Crippen LogP contribution is -2.16. The van der Waals surface area contributed by atoms with Gasteiger partial charge in [-0.15, -0.1) is 0 Å². The van der Waals surface area contributed by atoms with Crippen molar-refractivity contribution in [2.75, 3.05) is 0 Å². The molecule has 0 aliphatic heterocycles. The van der Waals surface area contributed by atoms with E-state index < -0.39 is 5.97 Å². The molecule has 1 aromatic rings. The normalized spacial score (nSPS) is 16.2. The van der Waals surface area contributed by atoms with Crippen LogP contribution in [0.3, 0.4) is 0 Å². The van der Waals surface area contributed by atoms with Crippen molar-refractivity contribution >= 4 is 27.7 Å². The van der Waals surface area contributed by atoms with Crippen LogP contribution in [0.4, 0.5) is 4.39 Å². The molecule has 3 nitrogen and oxygen atoms in total. The SMILES string of the molecule is CC.CC.CC(=O)OC1=CC(=O)CC(c2ccc(F)cc2Br)C1. The number of carbonyl (C=O) groups excluding carboxylic acids is 2. The Morgan fingerprint density at radius 3 is 2.35 bits per heavy atom. The number of benzene rings is 1. The number of allylic oxidation sites excluding steroid dienone is 2. The predicted molar refractivity (Wildman–Crippen MR) is 93.6 cm³/mol. The molecule has 0 N–H and O–H groups in total. The second kappa shape index (κ2) is 11.1. The minimum atomic E-state index is -0.446. The van der Waals surface area contributed by atoms with Gasteiger partial charge >= 0.3 is 5.97 Å². The summed E-state index contributed by atoms with van der Waals surface area (Å²) in [6, 6.07) is 4.37. The Bertz CT molecular complexity index is 567. The van der Waals surface area contributed by atoms with Gasteiger partial charge in [0.2, 0.25) is 0 Å². The van der Waals surface area contributed by atoms with E-state index in [2.05, 4.69) is 15.9 Å². The molecule has 1 aliphatic rings. The highest BCUT2D eigenvalue weighted by Gasteiger charge is 2.25. The summed E-state index contributed by atoms with van der Waals surface area (Å²) < 4.78 is 18.7. The van der Waals surface area contributed by atoms with Gasteiger partial charge in [-0.25, -0.2) is 4.39 Å². The molecule has 0 saturated heterocycles. The quantitative estimate of drug-likeness (QED) is 0.627. The number of ether oxygens (including phenoxy) is 1. The molecule has 1 unspecified atom stereocenters. The fourth-order valence-corrected chi connectivity index (χ4v) is 2.84. The molecular weight excluding hydrogens is 363 g/mol. The monoisotopic (exact) mass is 386 g/mol. The summed E-state index contributed by atoms with van der Waals surface area (Å²) in [7, 11) is 0. The van der Waals surface area contributed by atoms with Gasteiger partial charge < -0.3 is 4.74 Å². The Morgan fingerprint density at radius 1 is 1.22 bits per heavy atom. The van der Waals surface area contributed by atoms with Crippen molar-refractivity contribution in [1.29, 1.82) is 0 Å². The van der Waals surface area contributed by atoms with Gasteiger partial charge in [0.25, 0.3) is 0 Å². The molecule has 1 aliphatic carbocycles. The van der Waals surface area contributed by atoms with E-state index in [1.54, 1.807) is 6.07 Å². The van der Waals surface area contributed by atoms with Crippen molar-refractivity contribution in [3.8, 4) is 0 Å². The number of hydrogen-bond donors (Lipinski definition) is 0. The molecule has 0 aromatic heterocycles. The fraction of sp³-hybridized carbons (Fsp3) is 0.444. The smallest absolute Gasteiger partial charge is 0.307 e. The fourth-order valence-electron chi connectivity index (χ4n) is 2.16. The first-order valence-corrected chi connectivity index (χ1v) is 8.62. The second-order valence-corrected chi connectivity index (χ2v) is 5.30. The second-order valence-electron chi connectivity index (χ2n) is 4.44. The zero-order valence-electron chi connectivity index (χ0n) is 14.3. The minimum Gasteiger partial charge on any atom is -0.431 e. The third kappa shape index (κ3) is 7.08. The van der Waals surface area contributed by atoms with Gasteiger partial charge in [-0.05, 0) is 23.6 Å². The highest BCUT2D eigenvalue weighted by Crippen LogP contribution is 2.36. The molecule has 5 heteroatoms. The minimum absolute atomic E-state index is 0.0938. The molecule has 0 fully saturated rings. The molecule has 0 saturated carbocycles. The van der Waals surface area contributed by atoms with E-state index >= 15 is 0 Å². The molecule has 0 spiro atoms. The van der Waals surface area contributed by atoms with Crippen LogP contribution in [0.5, 0.6) is 0 Å². The number of carbonyl (C=O) groups is 2. The first kappa shape index (κ1) is 21.5. The van der Waals surface area contributed by atoms with Gasteiger partial charge in [0, 0.05) is 30.3 Å². The van der Waals surface area contributed by atoms with Crippen LogP contribution in [0, 0.1) is 5.82 Å². The van der Waals surface area contributed by atoms with E-state index in [9.17, 15) is 14.0 Å². The summed E-state index contributed by atoms with van der Waals surface area (Å²) in [6.07, 6.45) is 2.14. The molecule has 128 valence electrons. The first-order valence-electron chi connectivity index (χ1n) is 7.82. The topological polar surface area (TPSA) is 43.4 Å². The van der Waals surface area contributed by atoms with Crippen LogP contribution < -0.4 is 0 Å². The van der Waals surface area contributed by atoms with E-state index in [4.69, 9.17) is 4.74 Å². The van der Waals surface area contributed by atoms with Crippen molar-refractivity contribution in [3.63, 3.8) is 0 Å². The number of esters is 1. The van der Waals surface area contributed by atoms with Crippen LogP contribution in [-0.4, -0.2) is 11.8 Å². The Morgan fingerprint density at radius 2 is 1.83 bits per heavy atom. The van der Waals surface area contributed by atoms with Gasteiger partial charge in [-0.3, -0.25) is 9.59 Å². The van der Waals surface area contributed by atoms with E-state index in [0.29, 0.717) is 23.1 Å². The molecule has 23 heavy (non-hydrogen) atoms. The molecule has 0 bridgehead atoms. The Balaban J connectivity index is 0.00000112. The Hall–Kier alpha value is -1.49. The number of ketones is 1. The maximum absolute atomic E-state index is 13.1. The number of hydrogen-bond acceptors (Lipinski definition) is 3. The molecule has 2 rings (SSSR count). The standard InChI is InChI=1S/C14H12BrFO3.2C2H6/c1-8(17)19-12-5-9(4-11(18)7-12)13-3-2-10(16)6-14(13)15;2*1-2/h2-3,6-7,9H,4-5H2,1H3;2*1-2H3. The van der Waals surface area contributed by atoms with Gasteiger partial charge in [-0.1, -0.05) is 49.7 Å². The average Bonchev–Trinajstić information content (AvgIpc) is 2.50. The summed E-state index contributed by atoms with van der Waals surface area (Å²) in [5.74, 6) is -0.623. The van der Waals surface area contributed by atoms with Crippen molar-refractivity contribution in [2.45, 2.75) is 53.4 Å². The van der Waals surface area contributed by atoms with E-state index in [0.717, 1.165) is 5.56 Å². The Labute approximate surface area is 146 Å². The average molecular weight is 387 g/mol. The van der Waals surface area contributed by atoms with Crippen molar-refractivity contribution in [3.05, 3.63) is 45.9 Å². The molecule has 1 atom stereocenters. The van der Waals surface area contributed by atoms with E-state index in [1.165, 1.54) is 25.1 Å². The van der Waals surface area contributed by atoms with E-state index in [1.807, 2.05) is 27.7 Å². The van der Waals surface area contributed by atoms with Crippen LogP contribution in [0.25, 0.3) is 0 Å². The maximum Gasteiger partial charge on any atom is 0.307 e.